The fourth-order valence-electron chi connectivity index (χ4n) is 4.54. The van der Waals surface area contributed by atoms with E-state index in [1.807, 2.05) is 72.8 Å². The van der Waals surface area contributed by atoms with E-state index in [1.165, 1.54) is 0 Å². The number of hydrogen-bond donors (Lipinski definition) is 2. The number of ether oxygens (including phenoxy) is 1. The van der Waals surface area contributed by atoms with Crippen LogP contribution in [-0.4, -0.2) is 43.7 Å². The van der Waals surface area contributed by atoms with Crippen molar-refractivity contribution in [3.8, 4) is 5.75 Å². The molecule has 1 aliphatic heterocycles. The lowest BCUT2D eigenvalue weighted by Gasteiger charge is -2.21. The molecular weight excluding hydrogens is 522 g/mol. The zero-order valence-corrected chi connectivity index (χ0v) is 21.6. The number of benzene rings is 3. The Balaban J connectivity index is 1.30. The summed E-state index contributed by atoms with van der Waals surface area (Å²) in [4.78, 5) is 33.1. The molecule has 2 heterocycles. The Kier molecular flexibility index (Phi) is 7.76. The average Bonchev–Trinajstić information content (AvgIpc) is 3.72. The molecule has 200 valence electrons. The zero-order chi connectivity index (χ0) is 27.4. The lowest BCUT2D eigenvalue weighted by atomic mass is 9.98. The van der Waals surface area contributed by atoms with Gasteiger partial charge in [0.05, 0.1) is 17.3 Å². The van der Waals surface area contributed by atoms with Crippen LogP contribution in [0.3, 0.4) is 0 Å². The molecule has 5 rings (SSSR count). The molecule has 0 aliphatic carbocycles. The first kappa shape index (κ1) is 26.6. The van der Waals surface area contributed by atoms with Crippen LogP contribution in [0.5, 0.6) is 5.75 Å². The summed E-state index contributed by atoms with van der Waals surface area (Å²) in [7, 11) is 0. The number of carboxylic acids is 1. The molecule has 3 unspecified atom stereocenters. The largest absolute Gasteiger partial charge is 0.487 e. The van der Waals surface area contributed by atoms with E-state index >= 15 is 0 Å². The number of amides is 1. The summed E-state index contributed by atoms with van der Waals surface area (Å²) in [5, 5.41) is 22.6. The molecule has 3 aromatic carbocycles. The van der Waals surface area contributed by atoms with Gasteiger partial charge < -0.3 is 9.84 Å². The Hall–Kier alpha value is -4.02. The molecule has 0 radical (unpaired) electrons. The SMILES string of the molecule is O=CN(O)C1(C(=O)O)ON1C(CCCc1ccc(Cl)cc1)c1ccc(OCc2ccc3ccccc3n2)cc1. The smallest absolute Gasteiger partial charge is 0.380 e. The highest BCUT2D eigenvalue weighted by molar-refractivity contribution is 6.30. The first-order valence-corrected chi connectivity index (χ1v) is 12.8. The summed E-state index contributed by atoms with van der Waals surface area (Å²) in [6.45, 7) is 0.283. The maximum absolute atomic E-state index is 11.9. The Morgan fingerprint density at radius 3 is 2.54 bits per heavy atom. The predicted octanol–water partition coefficient (Wildman–Crippen LogP) is 5.36. The van der Waals surface area contributed by atoms with Crippen LogP contribution in [-0.2, 0) is 27.5 Å². The molecule has 2 N–H and O–H groups in total. The number of halogens is 1. The monoisotopic (exact) mass is 547 g/mol. The second kappa shape index (κ2) is 11.4. The molecule has 0 bridgehead atoms. The average molecular weight is 548 g/mol. The summed E-state index contributed by atoms with van der Waals surface area (Å²) >= 11 is 5.97. The normalized spacial score (nSPS) is 18.9. The lowest BCUT2D eigenvalue weighted by Crippen LogP contribution is -2.46. The number of fused-ring (bicyclic) bond motifs is 1. The van der Waals surface area contributed by atoms with Gasteiger partial charge in [0.2, 0.25) is 6.41 Å². The Morgan fingerprint density at radius 2 is 1.82 bits per heavy atom. The number of hydroxylamine groups is 4. The van der Waals surface area contributed by atoms with Crippen molar-refractivity contribution in [1.82, 2.24) is 15.1 Å². The Bertz CT molecular complexity index is 1470. The van der Waals surface area contributed by atoms with Gasteiger partial charge in [-0.3, -0.25) is 10.0 Å². The van der Waals surface area contributed by atoms with Gasteiger partial charge in [-0.1, -0.05) is 60.1 Å². The summed E-state index contributed by atoms with van der Waals surface area (Å²) in [5.41, 5.74) is 3.50. The summed E-state index contributed by atoms with van der Waals surface area (Å²) in [6.07, 6.45) is 1.90. The number of carbonyl (C=O) groups is 2. The molecule has 1 fully saturated rings. The molecule has 3 atom stereocenters. The predicted molar refractivity (Wildman–Crippen MR) is 143 cm³/mol. The molecule has 1 amide bonds. The van der Waals surface area contributed by atoms with Crippen LogP contribution in [0, 0.1) is 0 Å². The maximum Gasteiger partial charge on any atom is 0.380 e. The minimum atomic E-state index is -2.27. The highest BCUT2D eigenvalue weighted by Gasteiger charge is 2.70. The number of aryl methyl sites for hydroxylation is 1. The van der Waals surface area contributed by atoms with Gasteiger partial charge in [-0.2, -0.15) is 5.06 Å². The van der Waals surface area contributed by atoms with Crippen molar-refractivity contribution >= 4 is 34.9 Å². The first-order valence-electron chi connectivity index (χ1n) is 12.4. The number of pyridine rings is 1. The molecule has 1 aromatic heterocycles. The van der Waals surface area contributed by atoms with Crippen LogP contribution >= 0.6 is 11.6 Å². The highest BCUT2D eigenvalue weighted by atomic mass is 35.5. The molecule has 4 aromatic rings. The number of para-hydroxylation sites is 1. The third-order valence-corrected chi connectivity index (χ3v) is 6.88. The van der Waals surface area contributed by atoms with Crippen LogP contribution in [0.4, 0.5) is 0 Å². The van der Waals surface area contributed by atoms with E-state index in [1.54, 1.807) is 12.1 Å². The van der Waals surface area contributed by atoms with Crippen molar-refractivity contribution in [2.24, 2.45) is 0 Å². The van der Waals surface area contributed by atoms with E-state index in [4.69, 9.17) is 21.2 Å². The van der Waals surface area contributed by atoms with Crippen LogP contribution in [0.1, 0.15) is 35.7 Å². The van der Waals surface area contributed by atoms with E-state index in [0.717, 1.165) is 39.2 Å². The molecule has 1 aliphatic rings. The third kappa shape index (κ3) is 5.71. The number of rotatable bonds is 12. The van der Waals surface area contributed by atoms with Crippen molar-refractivity contribution in [3.05, 3.63) is 107 Å². The van der Waals surface area contributed by atoms with Crippen molar-refractivity contribution in [2.45, 2.75) is 37.8 Å². The van der Waals surface area contributed by atoms with Crippen LogP contribution in [0.2, 0.25) is 5.02 Å². The zero-order valence-electron chi connectivity index (χ0n) is 20.8. The number of nitrogens with zero attached hydrogens (tertiary/aromatic N) is 3. The lowest BCUT2D eigenvalue weighted by molar-refractivity contribution is -0.195. The number of aromatic nitrogens is 1. The summed E-state index contributed by atoms with van der Waals surface area (Å²) in [5.74, 6) is -3.16. The van der Waals surface area contributed by atoms with Crippen molar-refractivity contribution in [1.29, 1.82) is 0 Å². The van der Waals surface area contributed by atoms with E-state index in [2.05, 4.69) is 4.98 Å². The second-order valence-corrected chi connectivity index (χ2v) is 9.60. The molecule has 9 nitrogen and oxygen atoms in total. The maximum atomic E-state index is 11.9. The number of hydrogen-bond acceptors (Lipinski definition) is 7. The van der Waals surface area contributed by atoms with Gasteiger partial charge >= 0.3 is 11.8 Å². The van der Waals surface area contributed by atoms with Gasteiger partial charge in [-0.05, 0) is 66.8 Å². The molecule has 0 saturated carbocycles. The van der Waals surface area contributed by atoms with E-state index in [9.17, 15) is 19.9 Å². The van der Waals surface area contributed by atoms with Crippen molar-refractivity contribution < 1.29 is 29.5 Å². The van der Waals surface area contributed by atoms with E-state index in [-0.39, 0.29) is 18.1 Å². The number of carboxylic acid groups (broad SMARTS) is 1. The fourth-order valence-corrected chi connectivity index (χ4v) is 4.67. The molecule has 0 spiro atoms. The first-order chi connectivity index (χ1) is 18.9. The standard InChI is InChI=1S/C29H26ClN3O6/c30-23-13-8-20(9-14-23)4-3-7-27(33-29(39-33,28(35)36)32(37)19-34)22-11-16-25(17-12-22)38-18-24-15-10-21-5-1-2-6-26(21)31-24/h1-2,5-6,8-17,19,27,37H,3-4,7,18H2,(H,35,36). The third-order valence-electron chi connectivity index (χ3n) is 6.63. The van der Waals surface area contributed by atoms with Crippen LogP contribution < -0.4 is 4.74 Å². The van der Waals surface area contributed by atoms with E-state index < -0.39 is 17.9 Å². The van der Waals surface area contributed by atoms with Crippen LogP contribution in [0.25, 0.3) is 10.9 Å². The second-order valence-electron chi connectivity index (χ2n) is 9.17. The highest BCUT2D eigenvalue weighted by Crippen LogP contribution is 2.47. The van der Waals surface area contributed by atoms with Crippen molar-refractivity contribution in [2.75, 3.05) is 0 Å². The Morgan fingerprint density at radius 1 is 1.08 bits per heavy atom. The summed E-state index contributed by atoms with van der Waals surface area (Å²) < 4.78 is 5.93. The van der Waals surface area contributed by atoms with Gasteiger partial charge in [0.1, 0.15) is 12.4 Å². The number of aliphatic carboxylic acids is 1. The van der Waals surface area contributed by atoms with Gasteiger partial charge in [-0.15, -0.1) is 5.06 Å². The fraction of sp³-hybridized carbons (Fsp3) is 0.207. The minimum Gasteiger partial charge on any atom is -0.487 e. The molecule has 10 heteroatoms. The van der Waals surface area contributed by atoms with Gasteiger partial charge in [-0.25, -0.2) is 14.6 Å². The van der Waals surface area contributed by atoms with Gasteiger partial charge in [0.25, 0.3) is 0 Å². The number of carbonyl (C=O) groups excluding carboxylic acids is 1. The van der Waals surface area contributed by atoms with Gasteiger partial charge in [0.15, 0.2) is 0 Å². The Labute approximate surface area is 229 Å². The molecular formula is C29H26ClN3O6. The topological polar surface area (TPSA) is 116 Å². The van der Waals surface area contributed by atoms with Crippen LogP contribution in [0.15, 0.2) is 84.9 Å². The molecule has 1 saturated heterocycles. The minimum absolute atomic E-state index is 0.0106. The van der Waals surface area contributed by atoms with E-state index in [0.29, 0.717) is 23.6 Å². The summed E-state index contributed by atoms with van der Waals surface area (Å²) in [6, 6.07) is 25.9. The molecule has 39 heavy (non-hydrogen) atoms. The quantitative estimate of drug-likeness (QED) is 0.105. The van der Waals surface area contributed by atoms with Gasteiger partial charge in [0, 0.05) is 10.4 Å². The van der Waals surface area contributed by atoms with Crippen molar-refractivity contribution in [3.63, 3.8) is 0 Å².